The van der Waals surface area contributed by atoms with E-state index >= 15 is 0 Å². The predicted octanol–water partition coefficient (Wildman–Crippen LogP) is 4.76. The molecular weight excluding hydrogens is 208 g/mol. The number of hydrogen-bond donors (Lipinski definition) is 0. The fourth-order valence-electron chi connectivity index (χ4n) is 2.98. The summed E-state index contributed by atoms with van der Waals surface area (Å²) < 4.78 is 6.07. The van der Waals surface area contributed by atoms with E-state index in [-0.39, 0.29) is 5.60 Å². The summed E-state index contributed by atoms with van der Waals surface area (Å²) in [5.74, 6) is 1.78. The van der Waals surface area contributed by atoms with Gasteiger partial charge in [-0.25, -0.2) is 0 Å². The summed E-state index contributed by atoms with van der Waals surface area (Å²) in [6, 6.07) is 0. The largest absolute Gasteiger partial charge is 0.483 e. The van der Waals surface area contributed by atoms with Gasteiger partial charge in [0.05, 0.1) is 0 Å². The number of allylic oxidation sites excluding steroid dienone is 4. The van der Waals surface area contributed by atoms with Gasteiger partial charge in [0.2, 0.25) is 0 Å². The molecule has 0 radical (unpaired) electrons. The van der Waals surface area contributed by atoms with E-state index in [2.05, 4.69) is 45.9 Å². The van der Waals surface area contributed by atoms with Crippen LogP contribution in [0.2, 0.25) is 0 Å². The molecule has 1 atom stereocenters. The third-order valence-electron chi connectivity index (χ3n) is 3.63. The number of hydrogen-bond acceptors (Lipinski definition) is 1. The first-order valence-corrected chi connectivity index (χ1v) is 6.83. The Morgan fingerprint density at radius 3 is 2.88 bits per heavy atom. The minimum absolute atomic E-state index is 0.153. The van der Waals surface area contributed by atoms with Crippen molar-refractivity contribution in [2.75, 3.05) is 0 Å². The second-order valence-corrected chi connectivity index (χ2v) is 5.79. The van der Waals surface area contributed by atoms with Crippen LogP contribution in [0.1, 0.15) is 53.4 Å². The Labute approximate surface area is 105 Å². The molecule has 0 aromatic carbocycles. The van der Waals surface area contributed by atoms with E-state index in [1.807, 2.05) is 0 Å². The molecule has 2 rings (SSSR count). The summed E-state index contributed by atoms with van der Waals surface area (Å²) in [7, 11) is 0. The zero-order chi connectivity index (χ0) is 12.5. The summed E-state index contributed by atoms with van der Waals surface area (Å²) in [6.07, 6.45) is 11.8. The second kappa shape index (κ2) is 4.72. The molecule has 1 heterocycles. The van der Waals surface area contributed by atoms with Crippen LogP contribution in [0.5, 0.6) is 0 Å². The van der Waals surface area contributed by atoms with E-state index in [1.165, 1.54) is 36.8 Å². The maximum Gasteiger partial charge on any atom is 0.124 e. The Hall–Kier alpha value is -0.980. The van der Waals surface area contributed by atoms with Gasteiger partial charge in [0.25, 0.3) is 0 Å². The third kappa shape index (κ3) is 2.65. The highest BCUT2D eigenvalue weighted by molar-refractivity contribution is 5.44. The molecule has 94 valence electrons. The molecule has 0 aromatic rings. The molecule has 1 aliphatic carbocycles. The molecule has 1 nitrogen and oxygen atoms in total. The van der Waals surface area contributed by atoms with Crippen LogP contribution in [-0.4, -0.2) is 5.60 Å². The average molecular weight is 232 g/mol. The zero-order valence-electron chi connectivity index (χ0n) is 11.5. The quantitative estimate of drug-likeness (QED) is 0.681. The van der Waals surface area contributed by atoms with Crippen LogP contribution in [0.3, 0.4) is 0 Å². The molecule has 0 saturated heterocycles. The van der Waals surface area contributed by atoms with E-state index in [0.29, 0.717) is 5.92 Å². The van der Waals surface area contributed by atoms with Crippen LogP contribution < -0.4 is 0 Å². The van der Waals surface area contributed by atoms with Gasteiger partial charge in [-0.2, -0.15) is 0 Å². The van der Waals surface area contributed by atoms with E-state index in [0.717, 1.165) is 5.76 Å². The van der Waals surface area contributed by atoms with Crippen LogP contribution >= 0.6 is 0 Å². The Morgan fingerprint density at radius 1 is 1.41 bits per heavy atom. The molecule has 1 heteroatoms. The van der Waals surface area contributed by atoms with E-state index in [1.54, 1.807) is 0 Å². The summed E-state index contributed by atoms with van der Waals surface area (Å²) in [4.78, 5) is 0. The summed E-state index contributed by atoms with van der Waals surface area (Å²) in [6.45, 7) is 8.75. The molecule has 0 bridgehead atoms. The first-order chi connectivity index (χ1) is 8.03. The lowest BCUT2D eigenvalue weighted by atomic mass is 9.80. The van der Waals surface area contributed by atoms with Crippen molar-refractivity contribution in [1.82, 2.24) is 0 Å². The maximum absolute atomic E-state index is 6.07. The maximum atomic E-state index is 6.07. The fraction of sp³-hybridized carbons (Fsp3) is 0.625. The Kier molecular flexibility index (Phi) is 3.46. The van der Waals surface area contributed by atoms with Crippen molar-refractivity contribution in [2.24, 2.45) is 5.92 Å². The standard InChI is InChI=1S/C16H24O/c1-5-6-8-13-9-7-10-14-15(13)12(2)11-16(3,4)17-14/h7,10-11,13H,5-6,8-9H2,1-4H3/t13-/m1/s1. The normalized spacial score (nSPS) is 26.4. The Morgan fingerprint density at radius 2 is 2.18 bits per heavy atom. The Bertz CT molecular complexity index is 382. The molecule has 0 unspecified atom stereocenters. The smallest absolute Gasteiger partial charge is 0.124 e. The van der Waals surface area contributed by atoms with Gasteiger partial charge in [-0.15, -0.1) is 0 Å². The van der Waals surface area contributed by atoms with Gasteiger partial charge in [0.15, 0.2) is 0 Å². The average Bonchev–Trinajstić information content (AvgIpc) is 2.23. The highest BCUT2D eigenvalue weighted by atomic mass is 16.5. The number of unbranched alkanes of at least 4 members (excludes halogenated alkanes) is 1. The third-order valence-corrected chi connectivity index (χ3v) is 3.63. The van der Waals surface area contributed by atoms with Gasteiger partial charge in [0.1, 0.15) is 11.4 Å². The van der Waals surface area contributed by atoms with Crippen molar-refractivity contribution in [3.63, 3.8) is 0 Å². The highest BCUT2D eigenvalue weighted by Crippen LogP contribution is 2.40. The molecule has 0 spiro atoms. The predicted molar refractivity (Wildman–Crippen MR) is 72.7 cm³/mol. The van der Waals surface area contributed by atoms with Crippen LogP contribution in [0.4, 0.5) is 0 Å². The van der Waals surface area contributed by atoms with Crippen LogP contribution in [-0.2, 0) is 4.74 Å². The minimum atomic E-state index is -0.153. The number of rotatable bonds is 3. The van der Waals surface area contributed by atoms with Crippen molar-refractivity contribution >= 4 is 0 Å². The molecule has 0 N–H and O–H groups in total. The fourth-order valence-corrected chi connectivity index (χ4v) is 2.98. The monoisotopic (exact) mass is 232 g/mol. The molecule has 17 heavy (non-hydrogen) atoms. The Balaban J connectivity index is 2.25. The van der Waals surface area contributed by atoms with Crippen molar-refractivity contribution in [3.05, 3.63) is 35.1 Å². The van der Waals surface area contributed by atoms with Crippen molar-refractivity contribution in [2.45, 2.75) is 59.0 Å². The molecule has 0 saturated carbocycles. The minimum Gasteiger partial charge on any atom is -0.483 e. The van der Waals surface area contributed by atoms with E-state index in [4.69, 9.17) is 4.74 Å². The zero-order valence-corrected chi connectivity index (χ0v) is 11.5. The van der Waals surface area contributed by atoms with Gasteiger partial charge < -0.3 is 4.74 Å². The lowest BCUT2D eigenvalue weighted by molar-refractivity contribution is 0.0762. The molecule has 0 aromatic heterocycles. The van der Waals surface area contributed by atoms with Gasteiger partial charge >= 0.3 is 0 Å². The SMILES string of the molecule is CCCC[C@@H]1CC=CC2=C1C(C)=CC(C)(C)O2. The van der Waals surface area contributed by atoms with Gasteiger partial charge in [0, 0.05) is 5.57 Å². The van der Waals surface area contributed by atoms with Crippen molar-refractivity contribution < 1.29 is 4.74 Å². The molecule has 0 amide bonds. The summed E-state index contributed by atoms with van der Waals surface area (Å²) >= 11 is 0. The first kappa shape index (κ1) is 12.5. The second-order valence-electron chi connectivity index (χ2n) is 5.79. The summed E-state index contributed by atoms with van der Waals surface area (Å²) in [5, 5.41) is 0. The topological polar surface area (TPSA) is 9.23 Å². The molecule has 2 aliphatic rings. The number of ether oxygens (including phenoxy) is 1. The van der Waals surface area contributed by atoms with Crippen LogP contribution in [0.25, 0.3) is 0 Å². The highest BCUT2D eigenvalue weighted by Gasteiger charge is 2.30. The molecule has 0 fully saturated rings. The van der Waals surface area contributed by atoms with Gasteiger partial charge in [-0.1, -0.05) is 25.8 Å². The van der Waals surface area contributed by atoms with E-state index in [9.17, 15) is 0 Å². The van der Waals surface area contributed by atoms with Crippen molar-refractivity contribution in [1.29, 1.82) is 0 Å². The van der Waals surface area contributed by atoms with Gasteiger partial charge in [-0.3, -0.25) is 0 Å². The lowest BCUT2D eigenvalue weighted by Gasteiger charge is -2.35. The van der Waals surface area contributed by atoms with Crippen LogP contribution in [0, 0.1) is 5.92 Å². The van der Waals surface area contributed by atoms with Crippen molar-refractivity contribution in [3.8, 4) is 0 Å². The first-order valence-electron chi connectivity index (χ1n) is 6.83. The van der Waals surface area contributed by atoms with Crippen LogP contribution in [0.15, 0.2) is 35.1 Å². The molecular formula is C16H24O. The summed E-state index contributed by atoms with van der Waals surface area (Å²) in [5.41, 5.74) is 2.72. The molecule has 1 aliphatic heterocycles. The lowest BCUT2D eigenvalue weighted by Crippen LogP contribution is -2.28. The van der Waals surface area contributed by atoms with Gasteiger partial charge in [-0.05, 0) is 57.3 Å². The van der Waals surface area contributed by atoms with E-state index < -0.39 is 0 Å².